The van der Waals surface area contributed by atoms with Crippen LogP contribution >= 0.6 is 27.5 Å². The van der Waals surface area contributed by atoms with Crippen molar-refractivity contribution in [1.29, 1.82) is 0 Å². The summed E-state index contributed by atoms with van der Waals surface area (Å²) in [5.74, 6) is -1.91. The Morgan fingerprint density at radius 2 is 1.59 bits per heavy atom. The van der Waals surface area contributed by atoms with Gasteiger partial charge in [-0.3, -0.25) is 4.72 Å². The van der Waals surface area contributed by atoms with Crippen LogP contribution in [0.25, 0.3) is 10.9 Å². The summed E-state index contributed by atoms with van der Waals surface area (Å²) in [7, 11) is -8.72. The highest BCUT2D eigenvalue weighted by Crippen LogP contribution is 2.33. The summed E-state index contributed by atoms with van der Waals surface area (Å²) in [4.78, 5) is -0.527. The Bertz CT molecular complexity index is 1570. The van der Waals surface area contributed by atoms with Crippen molar-refractivity contribution in [2.24, 2.45) is 0 Å². The van der Waals surface area contributed by atoms with Crippen LogP contribution < -0.4 is 4.72 Å². The lowest BCUT2D eigenvalue weighted by molar-refractivity contribution is 0.588. The number of rotatable bonds is 5. The molecule has 4 aromatic rings. The molecule has 0 unspecified atom stereocenters. The van der Waals surface area contributed by atoms with E-state index in [9.17, 15) is 25.6 Å². The van der Waals surface area contributed by atoms with Crippen LogP contribution in [0.5, 0.6) is 0 Å². The average Bonchev–Trinajstić information content (AvgIpc) is 3.13. The molecule has 0 saturated heterocycles. The number of sulfonamides is 1. The van der Waals surface area contributed by atoms with Crippen LogP contribution in [0.1, 0.15) is 0 Å². The monoisotopic (exact) mass is 560 g/mol. The van der Waals surface area contributed by atoms with Gasteiger partial charge in [0.2, 0.25) is 0 Å². The SMILES string of the molecule is O=S(=O)(Nc1cc(F)c(Br)cc1F)c1cn(S(=O)(=O)c2ccccc2)c2cc(Cl)ccc12. The number of nitrogens with one attached hydrogen (secondary N) is 1. The molecule has 1 N–H and O–H groups in total. The van der Waals surface area contributed by atoms with E-state index in [-0.39, 0.29) is 25.3 Å². The van der Waals surface area contributed by atoms with Crippen molar-refractivity contribution in [2.75, 3.05) is 4.72 Å². The number of anilines is 1. The molecule has 0 radical (unpaired) electrons. The maximum absolute atomic E-state index is 14.2. The normalized spacial score (nSPS) is 12.2. The summed E-state index contributed by atoms with van der Waals surface area (Å²) >= 11 is 8.84. The number of fused-ring (bicyclic) bond motifs is 1. The van der Waals surface area contributed by atoms with E-state index in [1.165, 1.54) is 42.5 Å². The summed E-state index contributed by atoms with van der Waals surface area (Å²) in [6.07, 6.45) is 0.902. The third-order valence-corrected chi connectivity index (χ3v) is 8.46. The van der Waals surface area contributed by atoms with Crippen LogP contribution in [-0.2, 0) is 20.0 Å². The maximum Gasteiger partial charge on any atom is 0.268 e. The quantitative estimate of drug-likeness (QED) is 0.332. The molecule has 6 nitrogen and oxygen atoms in total. The number of nitrogens with zero attached hydrogens (tertiary/aromatic N) is 1. The minimum Gasteiger partial charge on any atom is -0.276 e. The molecule has 0 saturated carbocycles. The van der Waals surface area contributed by atoms with E-state index in [1.807, 2.05) is 4.72 Å². The lowest BCUT2D eigenvalue weighted by Gasteiger charge is -2.09. The molecule has 1 aromatic heterocycles. The van der Waals surface area contributed by atoms with Crippen molar-refractivity contribution in [3.8, 4) is 0 Å². The van der Waals surface area contributed by atoms with Gasteiger partial charge in [0.15, 0.2) is 0 Å². The van der Waals surface area contributed by atoms with Crippen molar-refractivity contribution in [3.05, 3.63) is 88.0 Å². The predicted octanol–water partition coefficient (Wildman–Crippen LogP) is 5.37. The van der Waals surface area contributed by atoms with Gasteiger partial charge in [-0.25, -0.2) is 29.6 Å². The third kappa shape index (κ3) is 4.01. The summed E-state index contributed by atoms with van der Waals surface area (Å²) in [5.41, 5.74) is -0.629. The second kappa shape index (κ2) is 8.14. The van der Waals surface area contributed by atoms with E-state index in [2.05, 4.69) is 15.9 Å². The highest BCUT2D eigenvalue weighted by molar-refractivity contribution is 9.10. The van der Waals surface area contributed by atoms with Gasteiger partial charge < -0.3 is 0 Å². The average molecular weight is 562 g/mol. The lowest BCUT2D eigenvalue weighted by atomic mass is 10.2. The van der Waals surface area contributed by atoms with Gasteiger partial charge in [0.1, 0.15) is 16.5 Å². The van der Waals surface area contributed by atoms with E-state index >= 15 is 0 Å². The fraction of sp³-hybridized carbons (Fsp3) is 0. The van der Waals surface area contributed by atoms with E-state index in [1.54, 1.807) is 6.07 Å². The molecule has 0 fully saturated rings. The topological polar surface area (TPSA) is 85.2 Å². The smallest absolute Gasteiger partial charge is 0.268 e. The second-order valence-electron chi connectivity index (χ2n) is 6.62. The lowest BCUT2D eigenvalue weighted by Crippen LogP contribution is -2.15. The van der Waals surface area contributed by atoms with Crippen molar-refractivity contribution in [3.63, 3.8) is 0 Å². The van der Waals surface area contributed by atoms with Gasteiger partial charge in [0, 0.05) is 22.7 Å². The van der Waals surface area contributed by atoms with E-state index < -0.39 is 42.3 Å². The second-order valence-corrected chi connectivity index (χ2v) is 11.4. The van der Waals surface area contributed by atoms with Crippen LogP contribution in [0.15, 0.2) is 81.1 Å². The minimum atomic E-state index is -4.53. The van der Waals surface area contributed by atoms with Crippen LogP contribution in [0, 0.1) is 11.6 Å². The molecule has 0 amide bonds. The first-order chi connectivity index (χ1) is 15.0. The summed E-state index contributed by atoms with van der Waals surface area (Å²) in [5, 5.41) is 0.206. The molecule has 0 atom stereocenters. The van der Waals surface area contributed by atoms with Gasteiger partial charge in [0.05, 0.1) is 20.6 Å². The zero-order valence-electron chi connectivity index (χ0n) is 15.8. The largest absolute Gasteiger partial charge is 0.276 e. The summed E-state index contributed by atoms with van der Waals surface area (Å²) in [6, 6.07) is 12.9. The van der Waals surface area contributed by atoms with Crippen molar-refractivity contribution in [2.45, 2.75) is 9.79 Å². The molecule has 0 aliphatic rings. The molecule has 0 bridgehead atoms. The Kier molecular flexibility index (Phi) is 5.78. The van der Waals surface area contributed by atoms with Gasteiger partial charge in [-0.1, -0.05) is 29.8 Å². The highest BCUT2D eigenvalue weighted by Gasteiger charge is 2.28. The molecule has 1 heterocycles. The first-order valence-electron chi connectivity index (χ1n) is 8.79. The van der Waals surface area contributed by atoms with Crippen molar-refractivity contribution in [1.82, 2.24) is 3.97 Å². The van der Waals surface area contributed by atoms with Crippen LogP contribution in [-0.4, -0.2) is 20.8 Å². The first-order valence-corrected chi connectivity index (χ1v) is 12.9. The van der Waals surface area contributed by atoms with Crippen LogP contribution in [0.3, 0.4) is 0 Å². The van der Waals surface area contributed by atoms with Gasteiger partial charge >= 0.3 is 0 Å². The summed E-state index contributed by atoms with van der Waals surface area (Å²) < 4.78 is 83.1. The Morgan fingerprint density at radius 3 is 2.28 bits per heavy atom. The van der Waals surface area contributed by atoms with Crippen molar-refractivity contribution < 1.29 is 25.6 Å². The molecule has 0 aliphatic carbocycles. The Labute approximate surface area is 195 Å². The number of hydrogen-bond donors (Lipinski definition) is 1. The zero-order chi connectivity index (χ0) is 23.3. The number of hydrogen-bond acceptors (Lipinski definition) is 4. The minimum absolute atomic E-state index is 0.00388. The molecule has 32 heavy (non-hydrogen) atoms. The third-order valence-electron chi connectivity index (χ3n) is 4.54. The predicted molar refractivity (Wildman–Crippen MR) is 121 cm³/mol. The molecule has 12 heteroatoms. The van der Waals surface area contributed by atoms with Gasteiger partial charge in [-0.05, 0) is 52.3 Å². The zero-order valence-corrected chi connectivity index (χ0v) is 19.7. The van der Waals surface area contributed by atoms with E-state index in [0.717, 1.165) is 16.2 Å². The number of halogens is 4. The van der Waals surface area contributed by atoms with E-state index in [0.29, 0.717) is 6.07 Å². The van der Waals surface area contributed by atoms with Crippen molar-refractivity contribution >= 4 is 64.2 Å². The van der Waals surface area contributed by atoms with Gasteiger partial charge in [-0.2, -0.15) is 0 Å². The molecule has 3 aromatic carbocycles. The first kappa shape index (κ1) is 22.7. The number of aromatic nitrogens is 1. The molecular weight excluding hydrogens is 550 g/mol. The van der Waals surface area contributed by atoms with E-state index in [4.69, 9.17) is 11.6 Å². The maximum atomic E-state index is 14.2. The Morgan fingerprint density at radius 1 is 0.906 bits per heavy atom. The standard InChI is InChI=1S/C20H12BrClF2N2O4S2/c21-15-9-17(24)18(10-16(15)23)25-31(27,28)20-11-26(19-8-12(22)6-7-14(19)20)32(29,30)13-4-2-1-3-5-13/h1-11,25H. The molecular formula is C20H12BrClF2N2O4S2. The van der Waals surface area contributed by atoms with Crippen LogP contribution in [0.4, 0.5) is 14.5 Å². The molecule has 0 aliphatic heterocycles. The molecule has 166 valence electrons. The Hall–Kier alpha value is -2.47. The summed E-state index contributed by atoms with van der Waals surface area (Å²) in [6.45, 7) is 0. The van der Waals surface area contributed by atoms with Gasteiger partial charge in [0.25, 0.3) is 20.0 Å². The van der Waals surface area contributed by atoms with Crippen LogP contribution in [0.2, 0.25) is 5.02 Å². The Balaban J connectivity index is 1.92. The molecule has 4 rings (SSSR count). The van der Waals surface area contributed by atoms with Gasteiger partial charge in [-0.15, -0.1) is 0 Å². The number of benzene rings is 3. The highest BCUT2D eigenvalue weighted by atomic mass is 79.9. The fourth-order valence-corrected chi connectivity index (χ4v) is 6.25. The fourth-order valence-electron chi connectivity index (χ4n) is 3.06. The molecule has 0 spiro atoms.